The number of carbonyl (C=O) groups excluding carboxylic acids is 1. The van der Waals surface area contributed by atoms with E-state index in [1.165, 1.54) is 24.4 Å². The smallest absolute Gasteiger partial charge is 0.333 e. The molecule has 128 valence electrons. The Morgan fingerprint density at radius 2 is 1.75 bits per heavy atom. The van der Waals surface area contributed by atoms with E-state index < -0.39 is 12.5 Å². The number of amides is 1. The Kier molecular flexibility index (Phi) is 4.84. The van der Waals surface area contributed by atoms with Gasteiger partial charge in [0.25, 0.3) is 5.91 Å². The third kappa shape index (κ3) is 3.59. The fourth-order valence-electron chi connectivity index (χ4n) is 2.76. The van der Waals surface area contributed by atoms with Gasteiger partial charge in [0.05, 0.1) is 0 Å². The lowest BCUT2D eigenvalue weighted by molar-refractivity contribution is 0.0424. The Hall–Kier alpha value is -2.35. The molecule has 24 heavy (non-hydrogen) atoms. The first-order valence-electron chi connectivity index (χ1n) is 7.62. The molecule has 0 spiro atoms. The molecule has 1 saturated heterocycles. The molecule has 8 heteroatoms. The van der Waals surface area contributed by atoms with E-state index in [9.17, 15) is 18.0 Å². The molecule has 1 aliphatic heterocycles. The third-order valence-electron chi connectivity index (χ3n) is 4.05. The molecular weight excluding hydrogens is 321 g/mol. The average Bonchev–Trinajstić information content (AvgIpc) is 3.07. The van der Waals surface area contributed by atoms with E-state index >= 15 is 0 Å². The highest BCUT2D eigenvalue weighted by molar-refractivity contribution is 5.92. The number of piperazine rings is 1. The first-order chi connectivity index (χ1) is 11.5. The predicted molar refractivity (Wildman–Crippen MR) is 81.1 cm³/mol. The van der Waals surface area contributed by atoms with E-state index in [1.807, 2.05) is 0 Å². The Morgan fingerprint density at radius 3 is 2.38 bits per heavy atom. The Bertz CT molecular complexity index is 694. The van der Waals surface area contributed by atoms with Crippen molar-refractivity contribution in [3.05, 3.63) is 53.6 Å². The number of nitrogens with zero attached hydrogens (tertiary/aromatic N) is 4. The molecule has 0 atom stereocenters. The van der Waals surface area contributed by atoms with Crippen LogP contribution in [0.4, 0.5) is 13.2 Å². The van der Waals surface area contributed by atoms with Gasteiger partial charge in [-0.2, -0.15) is 18.6 Å². The van der Waals surface area contributed by atoms with Gasteiger partial charge in [0.15, 0.2) is 0 Å². The van der Waals surface area contributed by atoms with Gasteiger partial charge >= 0.3 is 6.55 Å². The second-order valence-electron chi connectivity index (χ2n) is 5.63. The van der Waals surface area contributed by atoms with Gasteiger partial charge in [-0.05, 0) is 23.8 Å². The zero-order valence-corrected chi connectivity index (χ0v) is 12.9. The van der Waals surface area contributed by atoms with E-state index in [0.717, 1.165) is 5.56 Å². The van der Waals surface area contributed by atoms with Crippen LogP contribution < -0.4 is 0 Å². The van der Waals surface area contributed by atoms with Crippen LogP contribution in [0.5, 0.6) is 0 Å². The number of benzene rings is 1. The van der Waals surface area contributed by atoms with Crippen molar-refractivity contribution in [3.8, 4) is 0 Å². The fourth-order valence-corrected chi connectivity index (χ4v) is 2.76. The zero-order chi connectivity index (χ0) is 17.1. The number of halogens is 3. The molecule has 2 aromatic rings. The maximum Gasteiger partial charge on any atom is 0.333 e. The minimum absolute atomic E-state index is 0.100. The van der Waals surface area contributed by atoms with Crippen molar-refractivity contribution < 1.29 is 18.0 Å². The van der Waals surface area contributed by atoms with E-state index in [-0.39, 0.29) is 11.5 Å². The van der Waals surface area contributed by atoms with Crippen LogP contribution in [0.25, 0.3) is 0 Å². The molecular formula is C16H17F3N4O. The maximum absolute atomic E-state index is 12.9. The van der Waals surface area contributed by atoms with Crippen LogP contribution in [0.15, 0.2) is 36.5 Å². The highest BCUT2D eigenvalue weighted by atomic mass is 19.3. The van der Waals surface area contributed by atoms with Crippen molar-refractivity contribution in [1.29, 1.82) is 0 Å². The molecule has 1 amide bonds. The molecule has 5 nitrogen and oxygen atoms in total. The first-order valence-corrected chi connectivity index (χ1v) is 7.62. The summed E-state index contributed by atoms with van der Waals surface area (Å²) < 4.78 is 39.0. The first kappa shape index (κ1) is 16.5. The van der Waals surface area contributed by atoms with Crippen LogP contribution in [0.2, 0.25) is 0 Å². The van der Waals surface area contributed by atoms with Gasteiger partial charge < -0.3 is 4.90 Å². The summed E-state index contributed by atoms with van der Waals surface area (Å²) in [5.41, 5.74) is 0.893. The summed E-state index contributed by atoms with van der Waals surface area (Å²) in [5, 5.41) is 3.49. The summed E-state index contributed by atoms with van der Waals surface area (Å²) in [4.78, 5) is 16.1. The molecule has 0 N–H and O–H groups in total. The van der Waals surface area contributed by atoms with Crippen molar-refractivity contribution in [2.45, 2.75) is 13.1 Å². The monoisotopic (exact) mass is 338 g/mol. The lowest BCUT2D eigenvalue weighted by Gasteiger charge is -2.34. The molecule has 3 rings (SSSR count). The largest absolute Gasteiger partial charge is 0.335 e. The Balaban J connectivity index is 1.57. The molecule has 2 heterocycles. The number of carbonyl (C=O) groups is 1. The second-order valence-corrected chi connectivity index (χ2v) is 5.63. The summed E-state index contributed by atoms with van der Waals surface area (Å²) >= 11 is 0. The molecule has 0 radical (unpaired) electrons. The van der Waals surface area contributed by atoms with Crippen molar-refractivity contribution in [3.63, 3.8) is 0 Å². The van der Waals surface area contributed by atoms with E-state index in [0.29, 0.717) is 37.4 Å². The Morgan fingerprint density at radius 1 is 1.08 bits per heavy atom. The number of alkyl halides is 2. The van der Waals surface area contributed by atoms with Crippen molar-refractivity contribution in [2.24, 2.45) is 0 Å². The lowest BCUT2D eigenvalue weighted by Crippen LogP contribution is -2.48. The molecule has 1 aliphatic rings. The lowest BCUT2D eigenvalue weighted by atomic mass is 10.2. The Labute approximate surface area is 137 Å². The van der Waals surface area contributed by atoms with Gasteiger partial charge in [-0.3, -0.25) is 9.69 Å². The minimum atomic E-state index is -2.83. The summed E-state index contributed by atoms with van der Waals surface area (Å²) in [5.74, 6) is -0.709. The highest BCUT2D eigenvalue weighted by Gasteiger charge is 2.26. The average molecular weight is 338 g/mol. The SMILES string of the molecule is O=C(c1ccnn1C(F)F)N1CCN(Cc2ccc(F)cc2)CC1. The van der Waals surface area contributed by atoms with Gasteiger partial charge in [0, 0.05) is 38.9 Å². The number of hydrogen-bond acceptors (Lipinski definition) is 3. The zero-order valence-electron chi connectivity index (χ0n) is 12.9. The van der Waals surface area contributed by atoms with Crippen molar-refractivity contribution >= 4 is 5.91 Å². The number of rotatable bonds is 4. The topological polar surface area (TPSA) is 41.4 Å². The van der Waals surface area contributed by atoms with Gasteiger partial charge in [0.1, 0.15) is 11.5 Å². The van der Waals surface area contributed by atoms with E-state index in [4.69, 9.17) is 0 Å². The quantitative estimate of drug-likeness (QED) is 0.859. The number of hydrogen-bond donors (Lipinski definition) is 0. The fraction of sp³-hybridized carbons (Fsp3) is 0.375. The van der Waals surface area contributed by atoms with E-state index in [2.05, 4.69) is 10.00 Å². The second kappa shape index (κ2) is 7.04. The molecule has 1 aromatic heterocycles. The van der Waals surface area contributed by atoms with E-state index in [1.54, 1.807) is 17.0 Å². The van der Waals surface area contributed by atoms with Crippen LogP contribution in [-0.4, -0.2) is 51.7 Å². The van der Waals surface area contributed by atoms with Crippen molar-refractivity contribution in [2.75, 3.05) is 26.2 Å². The normalized spacial score (nSPS) is 15.9. The maximum atomic E-state index is 12.9. The van der Waals surface area contributed by atoms with Crippen molar-refractivity contribution in [1.82, 2.24) is 19.6 Å². The molecule has 0 saturated carbocycles. The highest BCUT2D eigenvalue weighted by Crippen LogP contribution is 2.16. The third-order valence-corrected chi connectivity index (χ3v) is 4.05. The number of aromatic nitrogens is 2. The van der Waals surface area contributed by atoms with Crippen LogP contribution >= 0.6 is 0 Å². The summed E-state index contributed by atoms with van der Waals surface area (Å²) in [6.45, 7) is -0.00314. The van der Waals surface area contributed by atoms with Gasteiger partial charge in [0.2, 0.25) is 0 Å². The van der Waals surface area contributed by atoms with Gasteiger partial charge in [-0.1, -0.05) is 12.1 Å². The summed E-state index contributed by atoms with van der Waals surface area (Å²) in [6.07, 6.45) is 1.20. The molecule has 1 fully saturated rings. The minimum Gasteiger partial charge on any atom is -0.335 e. The van der Waals surface area contributed by atoms with Crippen LogP contribution in [-0.2, 0) is 6.54 Å². The molecule has 1 aromatic carbocycles. The molecule has 0 unspecified atom stereocenters. The van der Waals surface area contributed by atoms with Crippen LogP contribution in [0.3, 0.4) is 0 Å². The molecule has 0 bridgehead atoms. The summed E-state index contributed by atoms with van der Waals surface area (Å²) in [7, 11) is 0. The predicted octanol–water partition coefficient (Wildman–Crippen LogP) is 2.38. The molecule has 0 aliphatic carbocycles. The van der Waals surface area contributed by atoms with Crippen LogP contribution in [0.1, 0.15) is 22.6 Å². The van der Waals surface area contributed by atoms with Gasteiger partial charge in [-0.15, -0.1) is 0 Å². The van der Waals surface area contributed by atoms with Crippen LogP contribution in [0, 0.1) is 5.82 Å². The summed E-state index contributed by atoms with van der Waals surface area (Å²) in [6, 6.07) is 7.60. The van der Waals surface area contributed by atoms with Gasteiger partial charge in [-0.25, -0.2) is 4.39 Å². The standard InChI is InChI=1S/C16H17F3N4O/c17-13-3-1-12(2-4-13)11-21-7-9-22(10-8-21)15(24)14-5-6-20-23(14)16(18)19/h1-6,16H,7-11H2.